The van der Waals surface area contributed by atoms with E-state index >= 15 is 0 Å². The van der Waals surface area contributed by atoms with Crippen molar-refractivity contribution in [2.75, 3.05) is 18.2 Å². The van der Waals surface area contributed by atoms with Crippen LogP contribution in [0, 0.1) is 5.92 Å². The number of methoxy groups -OCH3 is 1. The Kier molecular flexibility index (Phi) is 9.19. The van der Waals surface area contributed by atoms with Crippen LogP contribution in [0.15, 0.2) is 108 Å². The average Bonchev–Trinajstić information content (AvgIpc) is 3.01. The van der Waals surface area contributed by atoms with E-state index in [0.29, 0.717) is 11.3 Å². The lowest BCUT2D eigenvalue weighted by atomic mass is 9.91. The molecule has 1 saturated heterocycles. The summed E-state index contributed by atoms with van der Waals surface area (Å²) < 4.78 is 18.7. The van der Waals surface area contributed by atoms with Gasteiger partial charge in [-0.15, -0.1) is 11.8 Å². The molecule has 0 saturated carbocycles. The number of rotatable bonds is 9. The molecule has 0 bridgehead atoms. The Bertz CT molecular complexity index is 1390. The Balaban J connectivity index is 1.35. The zero-order chi connectivity index (χ0) is 27.9. The minimum absolute atomic E-state index is 0.00156. The van der Waals surface area contributed by atoms with Crippen LogP contribution in [0.2, 0.25) is 0 Å². The van der Waals surface area contributed by atoms with Gasteiger partial charge in [0.2, 0.25) is 0 Å². The molecule has 1 aliphatic rings. The van der Waals surface area contributed by atoms with Gasteiger partial charge in [-0.1, -0.05) is 73.7 Å². The highest BCUT2D eigenvalue weighted by Crippen LogP contribution is 2.43. The van der Waals surface area contributed by atoms with Crippen molar-refractivity contribution in [3.8, 4) is 5.75 Å². The number of anilines is 1. The van der Waals surface area contributed by atoms with Crippen molar-refractivity contribution < 1.29 is 24.1 Å². The molecule has 0 aromatic heterocycles. The predicted octanol–water partition coefficient (Wildman–Crippen LogP) is 7.02. The number of ether oxygens (including phenoxy) is 3. The summed E-state index contributed by atoms with van der Waals surface area (Å²) in [5.74, 6) is 1.47. The molecule has 40 heavy (non-hydrogen) atoms. The van der Waals surface area contributed by atoms with Crippen molar-refractivity contribution >= 4 is 23.4 Å². The lowest BCUT2D eigenvalue weighted by molar-refractivity contribution is -0.268. The first kappa shape index (κ1) is 27.9. The van der Waals surface area contributed by atoms with Gasteiger partial charge in [0.05, 0.1) is 25.9 Å². The third-order valence-corrected chi connectivity index (χ3v) is 8.22. The van der Waals surface area contributed by atoms with E-state index in [4.69, 9.17) is 14.2 Å². The third-order valence-electron chi connectivity index (χ3n) is 7.07. The molecule has 0 aliphatic carbocycles. The maximum atomic E-state index is 12.6. The molecule has 1 amide bonds. The Morgan fingerprint density at radius 1 is 0.875 bits per heavy atom. The summed E-state index contributed by atoms with van der Waals surface area (Å²) in [6.07, 6.45) is -0.887. The lowest BCUT2D eigenvalue weighted by Gasteiger charge is -2.41. The van der Waals surface area contributed by atoms with Gasteiger partial charge in [0, 0.05) is 33.4 Å². The fourth-order valence-electron chi connectivity index (χ4n) is 4.74. The monoisotopic (exact) mass is 555 g/mol. The highest BCUT2D eigenvalue weighted by molar-refractivity contribution is 7.99. The lowest BCUT2D eigenvalue weighted by Crippen LogP contribution is -2.38. The van der Waals surface area contributed by atoms with Gasteiger partial charge >= 0.3 is 0 Å². The molecule has 2 N–H and O–H groups in total. The number of carbonyl (C=O) groups is 1. The molecule has 0 radical (unpaired) electrons. The molecule has 4 atom stereocenters. The second-order valence-corrected chi connectivity index (χ2v) is 10.8. The van der Waals surface area contributed by atoms with Crippen LogP contribution >= 0.6 is 11.8 Å². The summed E-state index contributed by atoms with van der Waals surface area (Å²) in [6.45, 7) is 2.15. The summed E-state index contributed by atoms with van der Waals surface area (Å²) in [5.41, 5.74) is 4.06. The topological polar surface area (TPSA) is 77.0 Å². The van der Waals surface area contributed by atoms with Gasteiger partial charge in [0.15, 0.2) is 6.29 Å². The Hall–Kier alpha value is -3.62. The molecule has 5 rings (SSSR count). The van der Waals surface area contributed by atoms with Crippen LogP contribution in [0.3, 0.4) is 0 Å². The first-order valence-electron chi connectivity index (χ1n) is 13.3. The SMILES string of the molecule is COc1ccccc1SCC1OC(c2ccc(NC(=O)c3ccccc3)cc2)OC(c2ccc(CO)cc2)C1C. The minimum Gasteiger partial charge on any atom is -0.496 e. The predicted molar refractivity (Wildman–Crippen MR) is 158 cm³/mol. The van der Waals surface area contributed by atoms with E-state index in [-0.39, 0.29) is 30.6 Å². The van der Waals surface area contributed by atoms with E-state index < -0.39 is 6.29 Å². The molecule has 6 nitrogen and oxygen atoms in total. The summed E-state index contributed by atoms with van der Waals surface area (Å²) in [4.78, 5) is 13.6. The van der Waals surface area contributed by atoms with Gasteiger partial charge in [-0.05, 0) is 47.5 Å². The van der Waals surface area contributed by atoms with Crippen molar-refractivity contribution in [2.24, 2.45) is 5.92 Å². The molecule has 1 fully saturated rings. The number of aliphatic hydroxyl groups is 1. The number of nitrogens with one attached hydrogen (secondary N) is 1. The largest absolute Gasteiger partial charge is 0.496 e. The van der Waals surface area contributed by atoms with Crippen LogP contribution in [-0.4, -0.2) is 30.0 Å². The molecule has 4 aromatic rings. The maximum Gasteiger partial charge on any atom is 0.255 e. The Labute approximate surface area is 239 Å². The second-order valence-electron chi connectivity index (χ2n) is 9.73. The van der Waals surface area contributed by atoms with Crippen LogP contribution in [-0.2, 0) is 16.1 Å². The number of amides is 1. The maximum absolute atomic E-state index is 12.6. The fraction of sp³-hybridized carbons (Fsp3) is 0.242. The normalized spacial score (nSPS) is 20.6. The molecule has 1 heterocycles. The number of thioether (sulfide) groups is 1. The van der Waals surface area contributed by atoms with E-state index in [1.807, 2.05) is 84.9 Å². The quantitative estimate of drug-likeness (QED) is 0.216. The number of hydrogen-bond donors (Lipinski definition) is 2. The van der Waals surface area contributed by atoms with Gasteiger partial charge in [0.25, 0.3) is 5.91 Å². The fourth-order valence-corrected chi connectivity index (χ4v) is 5.93. The molecule has 206 valence electrons. The van der Waals surface area contributed by atoms with Crippen LogP contribution in [0.5, 0.6) is 5.75 Å². The molecule has 4 aromatic carbocycles. The van der Waals surface area contributed by atoms with Crippen LogP contribution in [0.4, 0.5) is 5.69 Å². The summed E-state index contributed by atoms with van der Waals surface area (Å²) >= 11 is 1.70. The summed E-state index contributed by atoms with van der Waals surface area (Å²) in [5, 5.41) is 12.4. The van der Waals surface area contributed by atoms with E-state index in [2.05, 4.69) is 18.3 Å². The van der Waals surface area contributed by atoms with E-state index in [1.165, 1.54) is 0 Å². The van der Waals surface area contributed by atoms with Crippen LogP contribution in [0.25, 0.3) is 0 Å². The minimum atomic E-state index is -0.583. The van der Waals surface area contributed by atoms with E-state index in [1.54, 1.807) is 31.0 Å². The van der Waals surface area contributed by atoms with Gasteiger partial charge in [-0.25, -0.2) is 0 Å². The molecule has 4 unspecified atom stereocenters. The first-order chi connectivity index (χ1) is 19.6. The zero-order valence-electron chi connectivity index (χ0n) is 22.5. The number of para-hydroxylation sites is 1. The molecule has 0 spiro atoms. The number of carbonyl (C=O) groups excluding carboxylic acids is 1. The highest BCUT2D eigenvalue weighted by Gasteiger charge is 2.38. The smallest absolute Gasteiger partial charge is 0.255 e. The number of benzene rings is 4. The number of aliphatic hydroxyl groups excluding tert-OH is 1. The molecule has 1 aliphatic heterocycles. The van der Waals surface area contributed by atoms with Crippen molar-refractivity contribution in [2.45, 2.75) is 36.9 Å². The molecular weight excluding hydrogens is 522 g/mol. The average molecular weight is 556 g/mol. The van der Waals surface area contributed by atoms with Gasteiger partial charge in [-0.2, -0.15) is 0 Å². The summed E-state index contributed by atoms with van der Waals surface area (Å²) in [6, 6.07) is 32.6. The van der Waals surface area contributed by atoms with E-state index in [0.717, 1.165) is 33.1 Å². The Morgan fingerprint density at radius 2 is 1.55 bits per heavy atom. The third kappa shape index (κ3) is 6.57. The van der Waals surface area contributed by atoms with Crippen molar-refractivity contribution in [1.29, 1.82) is 0 Å². The molecule has 7 heteroatoms. The van der Waals surface area contributed by atoms with Gasteiger partial charge < -0.3 is 24.6 Å². The van der Waals surface area contributed by atoms with Crippen molar-refractivity contribution in [1.82, 2.24) is 0 Å². The number of hydrogen-bond acceptors (Lipinski definition) is 6. The van der Waals surface area contributed by atoms with E-state index in [9.17, 15) is 9.90 Å². The standard InChI is InChI=1S/C33H33NO5S/c1-22-29(21-40-30-11-7-6-10-28(30)37-2)38-33(39-31(22)24-14-12-23(20-35)13-15-24)26-16-18-27(19-17-26)34-32(36)25-8-4-3-5-9-25/h3-19,22,29,31,33,35H,20-21H2,1-2H3,(H,34,36). The van der Waals surface area contributed by atoms with Gasteiger partial charge in [-0.3, -0.25) is 4.79 Å². The van der Waals surface area contributed by atoms with Crippen molar-refractivity contribution in [3.05, 3.63) is 125 Å². The van der Waals surface area contributed by atoms with Crippen LogP contribution in [0.1, 0.15) is 46.4 Å². The second kappa shape index (κ2) is 13.2. The Morgan fingerprint density at radius 3 is 2.25 bits per heavy atom. The zero-order valence-corrected chi connectivity index (χ0v) is 23.3. The van der Waals surface area contributed by atoms with Crippen molar-refractivity contribution in [3.63, 3.8) is 0 Å². The van der Waals surface area contributed by atoms with Crippen LogP contribution < -0.4 is 10.1 Å². The summed E-state index contributed by atoms with van der Waals surface area (Å²) in [7, 11) is 1.68. The first-order valence-corrected chi connectivity index (χ1v) is 14.3. The van der Waals surface area contributed by atoms with Gasteiger partial charge in [0.1, 0.15) is 5.75 Å². The highest BCUT2D eigenvalue weighted by atomic mass is 32.2. The molecular formula is C33H33NO5S.